The molecule has 2 aromatic heterocycles. The first-order valence-corrected chi connectivity index (χ1v) is 12.6. The highest BCUT2D eigenvalue weighted by atomic mass is 32.2. The maximum absolute atomic E-state index is 13.0. The second kappa shape index (κ2) is 9.30. The molecule has 5 nitrogen and oxygen atoms in total. The zero-order valence-electron chi connectivity index (χ0n) is 17.7. The highest BCUT2D eigenvalue weighted by Gasteiger charge is 2.19. The van der Waals surface area contributed by atoms with Gasteiger partial charge < -0.3 is 14.5 Å². The molecule has 5 rings (SSSR count). The molecule has 1 aliphatic heterocycles. The summed E-state index contributed by atoms with van der Waals surface area (Å²) in [6.45, 7) is 2.32. The summed E-state index contributed by atoms with van der Waals surface area (Å²) in [5.74, 6) is 2.69. The lowest BCUT2D eigenvalue weighted by molar-refractivity contribution is 0.102. The smallest absolute Gasteiger partial charge is 0.259 e. The van der Waals surface area contributed by atoms with Gasteiger partial charge in [0.2, 0.25) is 0 Å². The number of aromatic nitrogens is 2. The quantitative estimate of drug-likeness (QED) is 0.384. The maximum atomic E-state index is 13.0. The second-order valence-corrected chi connectivity index (χ2v) is 10.3. The first-order chi connectivity index (χ1) is 15.7. The van der Waals surface area contributed by atoms with E-state index in [4.69, 9.17) is 4.74 Å². The molecule has 1 aliphatic rings. The van der Waals surface area contributed by atoms with Crippen LogP contribution in [0.15, 0.2) is 73.1 Å². The molecular formula is C25H23N3O2S2. The minimum Gasteiger partial charge on any atom is -0.486 e. The van der Waals surface area contributed by atoms with E-state index < -0.39 is 0 Å². The topological polar surface area (TPSA) is 55.6 Å². The minimum atomic E-state index is -0.185. The Morgan fingerprint density at radius 3 is 2.81 bits per heavy atom. The van der Waals surface area contributed by atoms with E-state index in [2.05, 4.69) is 22.4 Å². The summed E-state index contributed by atoms with van der Waals surface area (Å²) in [7, 11) is 0. The fourth-order valence-corrected chi connectivity index (χ4v) is 6.56. The average Bonchev–Trinajstić information content (AvgIpc) is 3.49. The third-order valence-electron chi connectivity index (χ3n) is 5.27. The van der Waals surface area contributed by atoms with Crippen LogP contribution < -0.4 is 10.1 Å². The lowest BCUT2D eigenvalue weighted by Crippen LogP contribution is -2.14. The molecule has 32 heavy (non-hydrogen) atoms. The lowest BCUT2D eigenvalue weighted by atomic mass is 10.1. The Bertz CT molecular complexity index is 1270. The number of nitrogens with one attached hydrogen (secondary N) is 1. The molecule has 0 radical (unpaired) electrons. The van der Waals surface area contributed by atoms with Crippen molar-refractivity contribution in [2.24, 2.45) is 0 Å². The van der Waals surface area contributed by atoms with E-state index in [0.717, 1.165) is 22.6 Å². The van der Waals surface area contributed by atoms with Crippen LogP contribution in [0.2, 0.25) is 0 Å². The number of thioether (sulfide) groups is 2. The van der Waals surface area contributed by atoms with Crippen molar-refractivity contribution in [3.05, 3.63) is 95.4 Å². The lowest BCUT2D eigenvalue weighted by Gasteiger charge is -2.13. The number of nitrogens with zero attached hydrogens (tertiary/aromatic N) is 2. The SMILES string of the molecule is Cc1cccn2cc(COc3ccccc3C(=O)Nc3cccc(C4SCCS4)c3)nc12. The predicted octanol–water partition coefficient (Wildman–Crippen LogP) is 5.95. The summed E-state index contributed by atoms with van der Waals surface area (Å²) in [4.78, 5) is 17.7. The van der Waals surface area contributed by atoms with Crippen molar-refractivity contribution in [1.29, 1.82) is 0 Å². The van der Waals surface area contributed by atoms with Gasteiger partial charge in [-0.25, -0.2) is 4.98 Å². The highest BCUT2D eigenvalue weighted by Crippen LogP contribution is 2.45. The Morgan fingerprint density at radius 2 is 1.97 bits per heavy atom. The maximum Gasteiger partial charge on any atom is 0.259 e. The van der Waals surface area contributed by atoms with E-state index in [1.54, 1.807) is 6.07 Å². The van der Waals surface area contributed by atoms with Gasteiger partial charge in [-0.2, -0.15) is 0 Å². The summed E-state index contributed by atoms with van der Waals surface area (Å²) in [5, 5.41) is 3.03. The molecule has 2 aromatic carbocycles. The fraction of sp³-hybridized carbons (Fsp3) is 0.200. The number of hydrogen-bond donors (Lipinski definition) is 1. The van der Waals surface area contributed by atoms with E-state index >= 15 is 0 Å². The summed E-state index contributed by atoms with van der Waals surface area (Å²) in [5.41, 5.74) is 5.37. The van der Waals surface area contributed by atoms with Crippen LogP contribution in [0.4, 0.5) is 5.69 Å². The van der Waals surface area contributed by atoms with Gasteiger partial charge in [0.25, 0.3) is 5.91 Å². The van der Waals surface area contributed by atoms with Gasteiger partial charge in [-0.05, 0) is 48.4 Å². The zero-order valence-corrected chi connectivity index (χ0v) is 19.3. The molecule has 0 saturated carbocycles. The number of hydrogen-bond acceptors (Lipinski definition) is 5. The van der Waals surface area contributed by atoms with Gasteiger partial charge in [0.05, 0.1) is 15.8 Å². The predicted molar refractivity (Wildman–Crippen MR) is 133 cm³/mol. The van der Waals surface area contributed by atoms with Crippen LogP contribution in [-0.4, -0.2) is 26.8 Å². The Kier molecular flexibility index (Phi) is 6.10. The summed E-state index contributed by atoms with van der Waals surface area (Å²) < 4.78 is 8.44. The minimum absolute atomic E-state index is 0.185. The van der Waals surface area contributed by atoms with Crippen molar-refractivity contribution in [1.82, 2.24) is 9.38 Å². The summed E-state index contributed by atoms with van der Waals surface area (Å²) in [6, 6.07) is 19.5. The van der Waals surface area contributed by atoms with Crippen molar-refractivity contribution >= 4 is 40.8 Å². The Morgan fingerprint density at radius 1 is 1.12 bits per heavy atom. The van der Waals surface area contributed by atoms with Gasteiger partial charge in [0, 0.05) is 29.6 Å². The zero-order chi connectivity index (χ0) is 21.9. The second-order valence-electron chi connectivity index (χ2n) is 7.59. The molecule has 1 saturated heterocycles. The van der Waals surface area contributed by atoms with E-state index in [9.17, 15) is 4.79 Å². The molecule has 1 N–H and O–H groups in total. The number of pyridine rings is 1. The van der Waals surface area contributed by atoms with E-state index in [1.165, 1.54) is 17.1 Å². The van der Waals surface area contributed by atoms with Crippen LogP contribution in [0.25, 0.3) is 5.65 Å². The number of fused-ring (bicyclic) bond motifs is 1. The largest absolute Gasteiger partial charge is 0.486 e. The number of carbonyl (C=O) groups excluding carboxylic acids is 1. The number of para-hydroxylation sites is 1. The van der Waals surface area contributed by atoms with Crippen LogP contribution in [0, 0.1) is 6.92 Å². The molecular weight excluding hydrogens is 438 g/mol. The molecule has 3 heterocycles. The molecule has 0 unspecified atom stereocenters. The number of anilines is 1. The number of aryl methyl sites for hydroxylation is 1. The van der Waals surface area contributed by atoms with E-state index in [0.29, 0.717) is 15.9 Å². The molecule has 0 spiro atoms. The normalized spacial score (nSPS) is 14.0. The van der Waals surface area contributed by atoms with Gasteiger partial charge in [-0.15, -0.1) is 23.5 Å². The molecule has 7 heteroatoms. The Labute approximate surface area is 195 Å². The number of amides is 1. The van der Waals surface area contributed by atoms with Gasteiger partial charge in [-0.3, -0.25) is 4.79 Å². The first kappa shape index (κ1) is 21.0. The number of imidazole rings is 1. The van der Waals surface area contributed by atoms with Crippen LogP contribution in [0.1, 0.15) is 31.8 Å². The monoisotopic (exact) mass is 461 g/mol. The summed E-state index contributed by atoms with van der Waals surface area (Å²) >= 11 is 3.90. The average molecular weight is 462 g/mol. The van der Waals surface area contributed by atoms with Crippen molar-refractivity contribution < 1.29 is 9.53 Å². The Balaban J connectivity index is 1.31. The molecule has 1 amide bonds. The first-order valence-electron chi connectivity index (χ1n) is 10.5. The molecule has 162 valence electrons. The van der Waals surface area contributed by atoms with Crippen molar-refractivity contribution in [2.75, 3.05) is 16.8 Å². The molecule has 4 aromatic rings. The highest BCUT2D eigenvalue weighted by molar-refractivity contribution is 8.19. The Hall–Kier alpha value is -2.90. The molecule has 0 bridgehead atoms. The van der Waals surface area contributed by atoms with Crippen LogP contribution in [0.3, 0.4) is 0 Å². The van der Waals surface area contributed by atoms with E-state index in [1.807, 2.05) is 89.7 Å². The van der Waals surface area contributed by atoms with Gasteiger partial charge in [0.1, 0.15) is 18.0 Å². The number of benzene rings is 2. The van der Waals surface area contributed by atoms with E-state index in [-0.39, 0.29) is 12.5 Å². The molecule has 0 atom stereocenters. The van der Waals surface area contributed by atoms with Crippen molar-refractivity contribution in [2.45, 2.75) is 18.1 Å². The van der Waals surface area contributed by atoms with Crippen molar-refractivity contribution in [3.8, 4) is 5.75 Å². The summed E-state index contributed by atoms with van der Waals surface area (Å²) in [6.07, 6.45) is 3.92. The third kappa shape index (κ3) is 4.49. The third-order valence-corrected chi connectivity index (χ3v) is 8.38. The molecule has 0 aliphatic carbocycles. The van der Waals surface area contributed by atoms with Crippen LogP contribution in [0.5, 0.6) is 5.75 Å². The van der Waals surface area contributed by atoms with Gasteiger partial charge >= 0.3 is 0 Å². The van der Waals surface area contributed by atoms with Crippen molar-refractivity contribution in [3.63, 3.8) is 0 Å². The molecule has 1 fully saturated rings. The number of ether oxygens (including phenoxy) is 1. The number of rotatable bonds is 6. The van der Waals surface area contributed by atoms with Gasteiger partial charge in [0.15, 0.2) is 0 Å². The van der Waals surface area contributed by atoms with Crippen LogP contribution >= 0.6 is 23.5 Å². The fourth-order valence-electron chi connectivity index (χ4n) is 3.72. The van der Waals surface area contributed by atoms with Gasteiger partial charge in [-0.1, -0.05) is 30.3 Å². The van der Waals surface area contributed by atoms with Crippen LogP contribution in [-0.2, 0) is 6.61 Å². The standard InChI is InChI=1S/C25H23N3O2S2/c1-17-6-5-11-28-15-20(26-23(17)28)16-30-22-10-3-2-9-21(22)24(29)27-19-8-4-7-18(14-19)25-31-12-13-32-25/h2-11,14-15,25H,12-13,16H2,1H3,(H,27,29). The number of carbonyl (C=O) groups is 1.